The van der Waals surface area contributed by atoms with Gasteiger partial charge in [-0.1, -0.05) is 0 Å². The van der Waals surface area contributed by atoms with E-state index in [1.54, 1.807) is 18.3 Å². The van der Waals surface area contributed by atoms with E-state index in [2.05, 4.69) is 10.3 Å². The number of hydrogen-bond donors (Lipinski definition) is 1. The van der Waals surface area contributed by atoms with Crippen LogP contribution in [0.25, 0.3) is 0 Å². The Bertz CT molecular complexity index is 416. The van der Waals surface area contributed by atoms with Crippen molar-refractivity contribution in [2.24, 2.45) is 0 Å². The zero-order valence-electron chi connectivity index (χ0n) is 10.4. The SMILES string of the molecule is O=C(COc1cccnc1)NC1CCC(F)(F)CC1. The number of hydrogen-bond acceptors (Lipinski definition) is 3. The number of rotatable bonds is 4. The van der Waals surface area contributed by atoms with Gasteiger partial charge < -0.3 is 10.1 Å². The van der Waals surface area contributed by atoms with Crippen molar-refractivity contribution in [1.82, 2.24) is 10.3 Å². The van der Waals surface area contributed by atoms with E-state index in [1.165, 1.54) is 6.20 Å². The van der Waals surface area contributed by atoms with Crippen LogP contribution >= 0.6 is 0 Å². The van der Waals surface area contributed by atoms with Gasteiger partial charge in [-0.25, -0.2) is 8.78 Å². The number of carbonyl (C=O) groups is 1. The van der Waals surface area contributed by atoms with Crippen molar-refractivity contribution in [3.8, 4) is 5.75 Å². The average molecular weight is 270 g/mol. The highest BCUT2D eigenvalue weighted by Gasteiger charge is 2.35. The predicted octanol–water partition coefficient (Wildman–Crippen LogP) is 2.15. The maximum absolute atomic E-state index is 12.9. The molecule has 0 atom stereocenters. The maximum Gasteiger partial charge on any atom is 0.258 e. The normalized spacial score (nSPS) is 18.8. The fourth-order valence-electron chi connectivity index (χ4n) is 2.04. The quantitative estimate of drug-likeness (QED) is 0.912. The molecule has 0 aromatic carbocycles. The largest absolute Gasteiger partial charge is 0.482 e. The summed E-state index contributed by atoms with van der Waals surface area (Å²) < 4.78 is 31.1. The summed E-state index contributed by atoms with van der Waals surface area (Å²) >= 11 is 0. The van der Waals surface area contributed by atoms with E-state index < -0.39 is 5.92 Å². The topological polar surface area (TPSA) is 51.2 Å². The molecule has 104 valence electrons. The van der Waals surface area contributed by atoms with E-state index in [0.717, 1.165) is 0 Å². The van der Waals surface area contributed by atoms with Crippen LogP contribution in [0.2, 0.25) is 0 Å². The second-order valence-electron chi connectivity index (χ2n) is 4.68. The first-order chi connectivity index (χ1) is 9.05. The monoisotopic (exact) mass is 270 g/mol. The van der Waals surface area contributed by atoms with Crippen molar-refractivity contribution in [2.45, 2.75) is 37.6 Å². The molecule has 1 aromatic rings. The molecular formula is C13H16F2N2O2. The molecule has 1 amide bonds. The van der Waals surface area contributed by atoms with E-state index >= 15 is 0 Å². The first kappa shape index (κ1) is 13.7. The van der Waals surface area contributed by atoms with Crippen LogP contribution in [-0.4, -0.2) is 29.5 Å². The molecule has 19 heavy (non-hydrogen) atoms. The van der Waals surface area contributed by atoms with Gasteiger partial charge in [0.15, 0.2) is 6.61 Å². The van der Waals surface area contributed by atoms with Crippen molar-refractivity contribution in [1.29, 1.82) is 0 Å². The summed E-state index contributed by atoms with van der Waals surface area (Å²) in [6, 6.07) is 3.22. The number of pyridine rings is 1. The third-order valence-electron chi connectivity index (χ3n) is 3.09. The molecule has 1 aliphatic rings. The molecule has 0 radical (unpaired) electrons. The van der Waals surface area contributed by atoms with Gasteiger partial charge in [-0.2, -0.15) is 0 Å². The molecule has 0 unspecified atom stereocenters. The van der Waals surface area contributed by atoms with Crippen molar-refractivity contribution < 1.29 is 18.3 Å². The molecule has 1 fully saturated rings. The zero-order chi connectivity index (χ0) is 13.7. The smallest absolute Gasteiger partial charge is 0.258 e. The van der Waals surface area contributed by atoms with Gasteiger partial charge in [0.2, 0.25) is 5.92 Å². The van der Waals surface area contributed by atoms with Gasteiger partial charge in [0.1, 0.15) is 5.75 Å². The molecule has 0 spiro atoms. The van der Waals surface area contributed by atoms with Gasteiger partial charge in [-0.3, -0.25) is 9.78 Å². The second-order valence-corrected chi connectivity index (χ2v) is 4.68. The van der Waals surface area contributed by atoms with Crippen molar-refractivity contribution in [3.63, 3.8) is 0 Å². The summed E-state index contributed by atoms with van der Waals surface area (Å²) in [6.45, 7) is -0.126. The van der Waals surface area contributed by atoms with Crippen LogP contribution in [0.1, 0.15) is 25.7 Å². The van der Waals surface area contributed by atoms with E-state index in [0.29, 0.717) is 18.6 Å². The minimum atomic E-state index is -2.58. The number of aromatic nitrogens is 1. The van der Waals surface area contributed by atoms with Crippen LogP contribution in [0, 0.1) is 0 Å². The summed E-state index contributed by atoms with van der Waals surface area (Å²) in [5.41, 5.74) is 0. The zero-order valence-corrected chi connectivity index (χ0v) is 10.4. The summed E-state index contributed by atoms with van der Waals surface area (Å²) in [7, 11) is 0. The first-order valence-corrected chi connectivity index (χ1v) is 6.25. The first-order valence-electron chi connectivity index (χ1n) is 6.25. The number of ether oxygens (including phenoxy) is 1. The Labute approximate surface area is 110 Å². The van der Waals surface area contributed by atoms with Gasteiger partial charge in [0.25, 0.3) is 5.91 Å². The van der Waals surface area contributed by atoms with Crippen molar-refractivity contribution >= 4 is 5.91 Å². The molecule has 1 N–H and O–H groups in total. The Balaban J connectivity index is 1.70. The van der Waals surface area contributed by atoms with Gasteiger partial charge in [0.05, 0.1) is 6.20 Å². The number of carbonyl (C=O) groups excluding carboxylic acids is 1. The molecule has 4 nitrogen and oxygen atoms in total. The van der Waals surface area contributed by atoms with Gasteiger partial charge >= 0.3 is 0 Å². The van der Waals surface area contributed by atoms with Crippen LogP contribution in [0.15, 0.2) is 24.5 Å². The Kier molecular flexibility index (Phi) is 4.29. The van der Waals surface area contributed by atoms with Gasteiger partial charge in [0, 0.05) is 25.1 Å². The van der Waals surface area contributed by atoms with Crippen LogP contribution in [0.3, 0.4) is 0 Å². The number of halogens is 2. The molecule has 1 aromatic heterocycles. The van der Waals surface area contributed by atoms with E-state index in [1.807, 2.05) is 0 Å². The predicted molar refractivity (Wildman–Crippen MR) is 65.1 cm³/mol. The van der Waals surface area contributed by atoms with E-state index in [4.69, 9.17) is 4.74 Å². The number of amides is 1. The third-order valence-corrected chi connectivity index (χ3v) is 3.09. The standard InChI is InChI=1S/C13H16F2N2O2/c14-13(15)5-3-10(4-6-13)17-12(18)9-19-11-2-1-7-16-8-11/h1-2,7-8,10H,3-6,9H2,(H,17,18). The molecule has 0 aliphatic heterocycles. The van der Waals surface area contributed by atoms with Crippen LogP contribution in [-0.2, 0) is 4.79 Å². The van der Waals surface area contributed by atoms with Gasteiger partial charge in [-0.05, 0) is 25.0 Å². The van der Waals surface area contributed by atoms with Crippen LogP contribution in [0.5, 0.6) is 5.75 Å². The number of alkyl halides is 2. The second kappa shape index (κ2) is 5.95. The highest BCUT2D eigenvalue weighted by atomic mass is 19.3. The molecule has 1 saturated carbocycles. The summed E-state index contributed by atoms with van der Waals surface area (Å²) in [4.78, 5) is 15.5. The summed E-state index contributed by atoms with van der Waals surface area (Å²) in [5, 5.41) is 2.71. The van der Waals surface area contributed by atoms with Gasteiger partial charge in [-0.15, -0.1) is 0 Å². The van der Waals surface area contributed by atoms with E-state index in [-0.39, 0.29) is 31.4 Å². The fraction of sp³-hybridized carbons (Fsp3) is 0.538. The Hall–Kier alpha value is -1.72. The van der Waals surface area contributed by atoms with Crippen LogP contribution in [0.4, 0.5) is 8.78 Å². The molecule has 0 bridgehead atoms. The number of nitrogens with zero attached hydrogens (tertiary/aromatic N) is 1. The highest BCUT2D eigenvalue weighted by molar-refractivity contribution is 5.77. The average Bonchev–Trinajstić information content (AvgIpc) is 2.40. The Morgan fingerprint density at radius 1 is 1.47 bits per heavy atom. The van der Waals surface area contributed by atoms with E-state index in [9.17, 15) is 13.6 Å². The molecule has 1 aliphatic carbocycles. The maximum atomic E-state index is 12.9. The minimum absolute atomic E-state index is 0.126. The minimum Gasteiger partial charge on any atom is -0.482 e. The lowest BCUT2D eigenvalue weighted by atomic mass is 9.92. The molecule has 0 saturated heterocycles. The molecule has 2 rings (SSSR count). The Morgan fingerprint density at radius 3 is 2.84 bits per heavy atom. The summed E-state index contributed by atoms with van der Waals surface area (Å²) in [6.07, 6.45) is 3.41. The number of nitrogens with one attached hydrogen (secondary N) is 1. The fourth-order valence-corrected chi connectivity index (χ4v) is 2.04. The van der Waals surface area contributed by atoms with Crippen molar-refractivity contribution in [2.75, 3.05) is 6.61 Å². The lowest BCUT2D eigenvalue weighted by Gasteiger charge is -2.28. The Morgan fingerprint density at radius 2 is 2.21 bits per heavy atom. The van der Waals surface area contributed by atoms with Crippen LogP contribution < -0.4 is 10.1 Å². The molecular weight excluding hydrogens is 254 g/mol. The van der Waals surface area contributed by atoms with Crippen molar-refractivity contribution in [3.05, 3.63) is 24.5 Å². The lowest BCUT2D eigenvalue weighted by Crippen LogP contribution is -2.42. The lowest BCUT2D eigenvalue weighted by molar-refractivity contribution is -0.124. The summed E-state index contributed by atoms with van der Waals surface area (Å²) in [5.74, 6) is -2.36. The molecule has 1 heterocycles. The molecule has 6 heteroatoms. The third kappa shape index (κ3) is 4.46. The highest BCUT2D eigenvalue weighted by Crippen LogP contribution is 2.32.